The van der Waals surface area contributed by atoms with E-state index in [1.807, 2.05) is 0 Å². The fourth-order valence-corrected chi connectivity index (χ4v) is 6.79. The monoisotopic (exact) mass is 569 g/mol. The molecule has 0 unspecified atom stereocenters. The van der Waals surface area contributed by atoms with Crippen molar-refractivity contribution >= 4 is 11.6 Å². The van der Waals surface area contributed by atoms with Gasteiger partial charge in [-0.2, -0.15) is 0 Å². The zero-order valence-corrected chi connectivity index (χ0v) is 23.0. The van der Waals surface area contributed by atoms with Gasteiger partial charge in [-0.1, -0.05) is 19.1 Å². The summed E-state index contributed by atoms with van der Waals surface area (Å²) in [6.45, 7) is 5.93. The van der Waals surface area contributed by atoms with Crippen molar-refractivity contribution in [3.8, 4) is 17.2 Å². The molecule has 2 heterocycles. The first-order valence-electron chi connectivity index (χ1n) is 14.1. The molecule has 6 rings (SSSR count). The van der Waals surface area contributed by atoms with Crippen molar-refractivity contribution in [2.24, 2.45) is 0 Å². The van der Waals surface area contributed by atoms with Gasteiger partial charge in [0, 0.05) is 55.1 Å². The van der Waals surface area contributed by atoms with E-state index in [1.165, 1.54) is 18.2 Å². The number of morpholine rings is 1. The molecule has 0 radical (unpaired) electrons. The first-order chi connectivity index (χ1) is 19.5. The number of fused-ring (bicyclic) bond motifs is 3. The van der Waals surface area contributed by atoms with Crippen molar-refractivity contribution in [3.05, 3.63) is 51.6 Å². The number of benzene rings is 2. The molecule has 0 bridgehead atoms. The maximum Gasteiger partial charge on any atom is 0.202 e. The fraction of sp³-hybridized carbons (Fsp3) is 0.533. The molecule has 2 aromatic rings. The molecule has 6 atom stereocenters. The summed E-state index contributed by atoms with van der Waals surface area (Å²) in [4.78, 5) is 29.2. The Kier molecular flexibility index (Phi) is 7.08. The quantitative estimate of drug-likeness (QED) is 0.291. The molecule has 220 valence electrons. The highest BCUT2D eigenvalue weighted by molar-refractivity contribution is 6.31. The van der Waals surface area contributed by atoms with E-state index in [0.29, 0.717) is 39.1 Å². The van der Waals surface area contributed by atoms with Gasteiger partial charge in [0.15, 0.2) is 12.1 Å². The molecule has 2 aliphatic heterocycles. The van der Waals surface area contributed by atoms with Crippen molar-refractivity contribution in [2.45, 2.75) is 75.8 Å². The summed E-state index contributed by atoms with van der Waals surface area (Å²) >= 11 is 0. The second-order valence-electron chi connectivity index (χ2n) is 11.5. The lowest BCUT2D eigenvalue weighted by Crippen LogP contribution is -2.57. The summed E-state index contributed by atoms with van der Waals surface area (Å²) < 4.78 is 17.9. The molecule has 2 aliphatic carbocycles. The molecule has 2 saturated heterocycles. The van der Waals surface area contributed by atoms with Crippen molar-refractivity contribution in [1.29, 1.82) is 0 Å². The number of rotatable bonds is 4. The summed E-state index contributed by atoms with van der Waals surface area (Å²) in [7, 11) is 0. The Hall–Kier alpha value is -3.06. The van der Waals surface area contributed by atoms with Gasteiger partial charge < -0.3 is 39.7 Å². The number of aliphatic hydroxyl groups excluding tert-OH is 1. The number of ketones is 2. The lowest BCUT2D eigenvalue weighted by Gasteiger charge is -2.46. The lowest BCUT2D eigenvalue weighted by atomic mass is 9.72. The van der Waals surface area contributed by atoms with E-state index in [-0.39, 0.29) is 46.7 Å². The molecule has 4 aliphatic rings. The Morgan fingerprint density at radius 2 is 1.76 bits per heavy atom. The van der Waals surface area contributed by atoms with Crippen LogP contribution in [0.5, 0.6) is 17.2 Å². The van der Waals surface area contributed by atoms with Crippen LogP contribution >= 0.6 is 0 Å². The minimum Gasteiger partial charge on any atom is -0.507 e. The van der Waals surface area contributed by atoms with E-state index >= 15 is 0 Å². The number of phenolic OH excluding ortho intramolecular Hbond substituents is 3. The highest BCUT2D eigenvalue weighted by Crippen LogP contribution is 2.52. The molecule has 5 N–H and O–H groups in total. The summed E-state index contributed by atoms with van der Waals surface area (Å²) in [5, 5.41) is 55.7. The molecular formula is C30H35NO10. The zero-order chi connectivity index (χ0) is 29.2. The van der Waals surface area contributed by atoms with Gasteiger partial charge >= 0.3 is 0 Å². The topological polar surface area (TPSA) is 166 Å². The van der Waals surface area contributed by atoms with Crippen LogP contribution in [0.2, 0.25) is 0 Å². The third kappa shape index (κ3) is 4.52. The standard InChI is InChI=1S/C30H35NO10/c1-3-30(38)12-16-22(19(13-30)41-20-11-17(25(33)14(2)40-20)31-7-9-39-10-8-31)29(37)24-23(27(16)35)26(34)15-5-4-6-18(32)21(15)28(24)36/h4-6,14,17,19-20,25,32-33,35,37-38H,3,7-13H2,1-2H3/t14-,17-,19-,20-,25+,30-/m0/s1. The van der Waals surface area contributed by atoms with Gasteiger partial charge in [0.25, 0.3) is 0 Å². The zero-order valence-electron chi connectivity index (χ0n) is 23.0. The average molecular weight is 570 g/mol. The van der Waals surface area contributed by atoms with Crippen LogP contribution in [0.1, 0.15) is 82.2 Å². The van der Waals surface area contributed by atoms with Crippen LogP contribution < -0.4 is 0 Å². The minimum atomic E-state index is -1.34. The lowest BCUT2D eigenvalue weighted by molar-refractivity contribution is -0.261. The van der Waals surface area contributed by atoms with Gasteiger partial charge in [-0.25, -0.2) is 0 Å². The summed E-state index contributed by atoms with van der Waals surface area (Å²) in [5.41, 5.74) is -2.20. The van der Waals surface area contributed by atoms with Crippen molar-refractivity contribution < 1.29 is 49.3 Å². The molecule has 0 aromatic heterocycles. The van der Waals surface area contributed by atoms with Crippen LogP contribution in [-0.4, -0.2) is 98.4 Å². The second kappa shape index (κ2) is 10.3. The van der Waals surface area contributed by atoms with Crippen molar-refractivity contribution in [3.63, 3.8) is 0 Å². The molecule has 0 amide bonds. The van der Waals surface area contributed by atoms with E-state index in [0.717, 1.165) is 0 Å². The van der Waals surface area contributed by atoms with E-state index in [1.54, 1.807) is 13.8 Å². The number of carbonyl (C=O) groups excluding carboxylic acids is 2. The van der Waals surface area contributed by atoms with Crippen molar-refractivity contribution in [1.82, 2.24) is 4.90 Å². The molecule has 11 nitrogen and oxygen atoms in total. The Morgan fingerprint density at radius 1 is 1.05 bits per heavy atom. The maximum absolute atomic E-state index is 13.6. The average Bonchev–Trinajstić information content (AvgIpc) is 2.95. The first kappa shape index (κ1) is 28.1. The number of aromatic hydroxyl groups is 3. The fourth-order valence-electron chi connectivity index (χ4n) is 6.79. The molecule has 2 fully saturated rings. The number of phenols is 3. The molecule has 11 heteroatoms. The van der Waals surface area contributed by atoms with E-state index in [2.05, 4.69) is 4.90 Å². The largest absolute Gasteiger partial charge is 0.507 e. The first-order valence-corrected chi connectivity index (χ1v) is 14.1. The van der Waals surface area contributed by atoms with E-state index in [4.69, 9.17) is 14.2 Å². The normalized spacial score (nSPS) is 31.9. The van der Waals surface area contributed by atoms with Crippen LogP contribution in [0.3, 0.4) is 0 Å². The Bertz CT molecular complexity index is 1400. The number of hydrogen-bond donors (Lipinski definition) is 5. The molecule has 0 spiro atoms. The van der Waals surface area contributed by atoms with Gasteiger partial charge in [0.2, 0.25) is 5.78 Å². The highest BCUT2D eigenvalue weighted by atomic mass is 16.7. The van der Waals surface area contributed by atoms with Crippen LogP contribution in [0.4, 0.5) is 0 Å². The molecule has 2 aromatic carbocycles. The summed E-state index contributed by atoms with van der Waals surface area (Å²) in [6, 6.07) is 3.80. The van der Waals surface area contributed by atoms with Gasteiger partial charge in [-0.05, 0) is 19.4 Å². The van der Waals surface area contributed by atoms with Gasteiger partial charge in [-0.15, -0.1) is 0 Å². The molecule has 0 saturated carbocycles. The number of nitrogens with zero attached hydrogens (tertiary/aromatic N) is 1. The second-order valence-corrected chi connectivity index (χ2v) is 11.5. The predicted octanol–water partition coefficient (Wildman–Crippen LogP) is 1.92. The van der Waals surface area contributed by atoms with Crippen LogP contribution in [0.25, 0.3) is 0 Å². The number of hydrogen-bond acceptors (Lipinski definition) is 11. The van der Waals surface area contributed by atoms with Crippen LogP contribution in [0, 0.1) is 0 Å². The SMILES string of the molecule is CC[C@]1(O)Cc2c(O)c3c(c(O)c2[C@@H](O[C@H]2C[C@H](N4CCOCC4)[C@H](O)[C@H](C)O2)C1)C(=O)c1c(O)cccc1C3=O. The number of ether oxygens (including phenoxy) is 3. The third-order valence-electron chi connectivity index (χ3n) is 9.12. The Balaban J connectivity index is 1.42. The number of aliphatic hydroxyl groups is 2. The van der Waals surface area contributed by atoms with E-state index in [9.17, 15) is 35.1 Å². The van der Waals surface area contributed by atoms with Crippen LogP contribution in [-0.2, 0) is 20.6 Å². The smallest absolute Gasteiger partial charge is 0.202 e. The van der Waals surface area contributed by atoms with Gasteiger partial charge in [0.05, 0.1) is 53.8 Å². The summed E-state index contributed by atoms with van der Waals surface area (Å²) in [5.74, 6) is -2.95. The molecule has 41 heavy (non-hydrogen) atoms. The third-order valence-corrected chi connectivity index (χ3v) is 9.12. The maximum atomic E-state index is 13.6. The molecular weight excluding hydrogens is 534 g/mol. The highest BCUT2D eigenvalue weighted by Gasteiger charge is 2.48. The summed E-state index contributed by atoms with van der Waals surface area (Å²) in [6.07, 6.45) is -2.62. The van der Waals surface area contributed by atoms with Gasteiger partial charge in [0.1, 0.15) is 17.2 Å². The van der Waals surface area contributed by atoms with Crippen LogP contribution in [0.15, 0.2) is 18.2 Å². The van der Waals surface area contributed by atoms with E-state index < -0.39 is 64.6 Å². The van der Waals surface area contributed by atoms with Gasteiger partial charge in [-0.3, -0.25) is 14.5 Å². The Morgan fingerprint density at radius 3 is 2.46 bits per heavy atom. The Labute approximate surface area is 236 Å². The number of carbonyl (C=O) groups is 2. The minimum absolute atomic E-state index is 0.0330. The van der Waals surface area contributed by atoms with Crippen molar-refractivity contribution in [2.75, 3.05) is 26.3 Å². The predicted molar refractivity (Wildman–Crippen MR) is 143 cm³/mol.